The van der Waals surface area contributed by atoms with Crippen LogP contribution in [0.2, 0.25) is 0 Å². The van der Waals surface area contributed by atoms with E-state index in [1.807, 2.05) is 13.0 Å². The van der Waals surface area contributed by atoms with Crippen LogP contribution in [0.5, 0.6) is 0 Å². The molecule has 4 aliphatic carbocycles. The van der Waals surface area contributed by atoms with Crippen LogP contribution in [0, 0.1) is 28.6 Å². The van der Waals surface area contributed by atoms with Gasteiger partial charge < -0.3 is 14.2 Å². The summed E-state index contributed by atoms with van der Waals surface area (Å²) in [6, 6.07) is 0. The summed E-state index contributed by atoms with van der Waals surface area (Å²) in [5.41, 5.74) is -0.981. The van der Waals surface area contributed by atoms with Crippen LogP contribution in [0.4, 0.5) is 0 Å². The topological polar surface area (TPSA) is 78.9 Å². The molecule has 7 atom stereocenters. The van der Waals surface area contributed by atoms with Gasteiger partial charge in [0.2, 0.25) is 0 Å². The second-order valence-electron chi connectivity index (χ2n) is 10.5. The zero-order valence-corrected chi connectivity index (χ0v) is 18.9. The Balaban J connectivity index is 1.54. The van der Waals surface area contributed by atoms with Crippen molar-refractivity contribution in [2.24, 2.45) is 28.6 Å². The van der Waals surface area contributed by atoms with Crippen molar-refractivity contribution in [2.45, 2.75) is 71.4 Å². The zero-order chi connectivity index (χ0) is 22.2. The molecule has 6 heteroatoms. The molecular weight excluding hydrogens is 396 g/mol. The first kappa shape index (κ1) is 21.2. The fraction of sp³-hybridized carbons (Fsp3) is 0.720. The average Bonchev–Trinajstić information content (AvgIpc) is 2.98. The maximum absolute atomic E-state index is 13.8. The molecule has 1 spiro atoms. The molecule has 168 valence electrons. The van der Waals surface area contributed by atoms with Gasteiger partial charge in [-0.25, -0.2) is 0 Å². The minimum absolute atomic E-state index is 0.00949. The molecule has 5 aliphatic rings. The van der Waals surface area contributed by atoms with Crippen LogP contribution < -0.4 is 0 Å². The molecule has 0 bridgehead atoms. The minimum atomic E-state index is -1.28. The predicted molar refractivity (Wildman–Crippen MR) is 112 cm³/mol. The normalized spacial score (nSPS) is 49.0. The summed E-state index contributed by atoms with van der Waals surface area (Å²) in [4.78, 5) is 39.0. The van der Waals surface area contributed by atoms with E-state index in [1.54, 1.807) is 19.1 Å². The molecule has 1 saturated heterocycles. The first-order valence-electron chi connectivity index (χ1n) is 11.6. The van der Waals surface area contributed by atoms with E-state index in [1.165, 1.54) is 0 Å². The van der Waals surface area contributed by atoms with E-state index in [9.17, 15) is 14.4 Å². The number of hydrogen-bond acceptors (Lipinski definition) is 6. The Bertz CT molecular complexity index is 919. The molecule has 4 fully saturated rings. The van der Waals surface area contributed by atoms with Gasteiger partial charge in [0, 0.05) is 36.7 Å². The molecule has 1 heterocycles. The van der Waals surface area contributed by atoms with Gasteiger partial charge in [-0.3, -0.25) is 14.4 Å². The Kier molecular flexibility index (Phi) is 4.58. The van der Waals surface area contributed by atoms with E-state index in [4.69, 9.17) is 14.2 Å². The van der Waals surface area contributed by atoms with E-state index < -0.39 is 22.4 Å². The van der Waals surface area contributed by atoms with Gasteiger partial charge in [-0.1, -0.05) is 25.5 Å². The molecule has 0 radical (unpaired) electrons. The quantitative estimate of drug-likeness (QED) is 0.669. The van der Waals surface area contributed by atoms with E-state index in [-0.39, 0.29) is 41.7 Å². The summed E-state index contributed by atoms with van der Waals surface area (Å²) in [6.45, 7) is 8.11. The molecule has 0 amide bonds. The summed E-state index contributed by atoms with van der Waals surface area (Å²) in [6.07, 6.45) is 8.71. The van der Waals surface area contributed by atoms with E-state index >= 15 is 0 Å². The number of carbonyl (C=O) groups is 3. The second-order valence-corrected chi connectivity index (χ2v) is 10.5. The number of hydrogen-bond donors (Lipinski definition) is 0. The highest BCUT2D eigenvalue weighted by atomic mass is 16.9. The Morgan fingerprint density at radius 3 is 2.68 bits per heavy atom. The number of ketones is 3. The molecule has 5 rings (SSSR count). The number of carbonyl (C=O) groups excluding carboxylic acids is 3. The fourth-order valence-electron chi connectivity index (χ4n) is 7.69. The van der Waals surface area contributed by atoms with Crippen LogP contribution >= 0.6 is 0 Å². The number of Topliss-reactive ketones (excluding diaryl/α,β-unsaturated/α-hetero) is 2. The van der Waals surface area contributed by atoms with Gasteiger partial charge >= 0.3 is 0 Å². The zero-order valence-electron chi connectivity index (χ0n) is 18.9. The van der Waals surface area contributed by atoms with Crippen molar-refractivity contribution in [1.29, 1.82) is 0 Å². The third-order valence-corrected chi connectivity index (χ3v) is 9.06. The molecule has 31 heavy (non-hydrogen) atoms. The molecule has 0 aromatic heterocycles. The highest BCUT2D eigenvalue weighted by Crippen LogP contribution is 2.67. The van der Waals surface area contributed by atoms with Gasteiger partial charge in [0.25, 0.3) is 5.97 Å². The summed E-state index contributed by atoms with van der Waals surface area (Å²) >= 11 is 0. The summed E-state index contributed by atoms with van der Waals surface area (Å²) in [5, 5.41) is 0. The van der Waals surface area contributed by atoms with E-state index in [2.05, 4.69) is 13.8 Å². The molecule has 0 unspecified atom stereocenters. The van der Waals surface area contributed by atoms with Crippen LogP contribution in [-0.2, 0) is 28.6 Å². The lowest BCUT2D eigenvalue weighted by atomic mass is 9.46. The van der Waals surface area contributed by atoms with Gasteiger partial charge in [0.15, 0.2) is 11.6 Å². The standard InChI is InChI=1S/C25H32O6/c1-5-29-24(4)30-14-20(28)25(31-24)11-9-18-17-7-6-15-12-16(26)8-10-22(15,2)21(17)19(27)13-23(18,25)3/h8,10,12,17-18,21H,5-7,9,11,13-14H2,1-4H3/t17-,18+,21+,22-,23+,24-,25+/m1/s1. The Hall–Kier alpha value is -1.63. The maximum atomic E-state index is 13.8. The molecule has 6 nitrogen and oxygen atoms in total. The van der Waals surface area contributed by atoms with Crippen molar-refractivity contribution >= 4 is 17.3 Å². The molecule has 0 aromatic carbocycles. The number of rotatable bonds is 2. The molecule has 0 aromatic rings. The number of fused-ring (bicyclic) bond motifs is 6. The highest BCUT2D eigenvalue weighted by Gasteiger charge is 2.71. The predicted octanol–water partition coefficient (Wildman–Crippen LogP) is 3.54. The van der Waals surface area contributed by atoms with Gasteiger partial charge in [0.1, 0.15) is 18.0 Å². The first-order valence-corrected chi connectivity index (χ1v) is 11.6. The van der Waals surface area contributed by atoms with Gasteiger partial charge in [-0.2, -0.15) is 0 Å². The smallest absolute Gasteiger partial charge is 0.281 e. The van der Waals surface area contributed by atoms with Crippen LogP contribution in [-0.4, -0.2) is 42.1 Å². The second kappa shape index (κ2) is 6.69. The SMILES string of the molecule is CCO[C@]1(C)OCC(=O)[C@]2(CC[C@H]3[C@H]4CCC5=CC(=O)C=C[C@@]5(C)[C@@H]4C(=O)C[C@@]32C)O1. The molecule has 0 N–H and O–H groups in total. The van der Waals surface area contributed by atoms with Crippen molar-refractivity contribution in [3.8, 4) is 0 Å². The Morgan fingerprint density at radius 1 is 1.16 bits per heavy atom. The lowest BCUT2D eigenvalue weighted by Gasteiger charge is -2.58. The lowest BCUT2D eigenvalue weighted by Crippen LogP contribution is -2.66. The highest BCUT2D eigenvalue weighted by molar-refractivity contribution is 6.02. The monoisotopic (exact) mass is 428 g/mol. The van der Waals surface area contributed by atoms with Crippen molar-refractivity contribution in [1.82, 2.24) is 0 Å². The first-order chi connectivity index (χ1) is 14.6. The summed E-state index contributed by atoms with van der Waals surface area (Å²) in [7, 11) is 0. The molecule has 1 aliphatic heterocycles. The van der Waals surface area contributed by atoms with Crippen molar-refractivity contribution in [3.05, 3.63) is 23.8 Å². The van der Waals surface area contributed by atoms with Crippen LogP contribution in [0.15, 0.2) is 23.8 Å². The van der Waals surface area contributed by atoms with Crippen molar-refractivity contribution < 1.29 is 28.6 Å². The third kappa shape index (κ3) is 2.71. The molecular formula is C25H32O6. The number of allylic oxidation sites excluding steroid dienone is 4. The average molecular weight is 429 g/mol. The maximum Gasteiger partial charge on any atom is 0.281 e. The Morgan fingerprint density at radius 2 is 1.94 bits per heavy atom. The Labute approximate surface area is 183 Å². The summed E-state index contributed by atoms with van der Waals surface area (Å²) in [5.74, 6) is -0.949. The minimum Gasteiger partial charge on any atom is -0.328 e. The summed E-state index contributed by atoms with van der Waals surface area (Å²) < 4.78 is 17.8. The van der Waals surface area contributed by atoms with Gasteiger partial charge in [-0.05, 0) is 56.6 Å². The lowest BCUT2D eigenvalue weighted by molar-refractivity contribution is -0.419. The number of ether oxygens (including phenoxy) is 3. The van der Waals surface area contributed by atoms with Gasteiger partial charge in [0.05, 0.1) is 0 Å². The van der Waals surface area contributed by atoms with E-state index in [0.29, 0.717) is 19.4 Å². The molecule has 3 saturated carbocycles. The largest absolute Gasteiger partial charge is 0.328 e. The van der Waals surface area contributed by atoms with Crippen molar-refractivity contribution in [2.75, 3.05) is 13.2 Å². The van der Waals surface area contributed by atoms with E-state index in [0.717, 1.165) is 24.8 Å². The third-order valence-electron chi connectivity index (χ3n) is 9.06. The van der Waals surface area contributed by atoms with Crippen LogP contribution in [0.25, 0.3) is 0 Å². The van der Waals surface area contributed by atoms with Crippen molar-refractivity contribution in [3.63, 3.8) is 0 Å². The van der Waals surface area contributed by atoms with Crippen LogP contribution in [0.1, 0.15) is 59.8 Å². The van der Waals surface area contributed by atoms with Gasteiger partial charge in [-0.15, -0.1) is 0 Å². The van der Waals surface area contributed by atoms with Crippen LogP contribution in [0.3, 0.4) is 0 Å². The fourth-order valence-corrected chi connectivity index (χ4v) is 7.69.